The minimum atomic E-state index is -0.277. The van der Waals surface area contributed by atoms with Crippen molar-refractivity contribution in [1.29, 1.82) is 0 Å². The van der Waals surface area contributed by atoms with E-state index in [1.807, 2.05) is 56.3 Å². The molecule has 1 heterocycles. The third-order valence-electron chi connectivity index (χ3n) is 7.70. The molecule has 0 radical (unpaired) electrons. The van der Waals surface area contributed by atoms with Crippen LogP contribution in [0, 0.1) is 6.92 Å². The zero-order valence-electron chi connectivity index (χ0n) is 27.1. The molecule has 0 aliphatic carbocycles. The molecule has 242 valence electrons. The Morgan fingerprint density at radius 2 is 1.79 bits per heavy atom. The fraction of sp³-hybridized carbons (Fsp3) is 0.237. The quantitative estimate of drug-likeness (QED) is 0.0977. The van der Waals surface area contributed by atoms with Crippen LogP contribution in [0.3, 0.4) is 0 Å². The van der Waals surface area contributed by atoms with Gasteiger partial charge in [-0.15, -0.1) is 6.58 Å². The average molecular weight is 671 g/mol. The molecular weight excluding hydrogens is 633 g/mol. The monoisotopic (exact) mass is 669 g/mol. The van der Waals surface area contributed by atoms with Gasteiger partial charge in [0.15, 0.2) is 17.3 Å². The lowest BCUT2D eigenvalue weighted by molar-refractivity contribution is 0.282. The maximum atomic E-state index is 14.0. The fourth-order valence-electron chi connectivity index (χ4n) is 5.37. The van der Waals surface area contributed by atoms with Crippen LogP contribution in [0.1, 0.15) is 54.5 Å². The van der Waals surface area contributed by atoms with Gasteiger partial charge < -0.3 is 14.2 Å². The lowest BCUT2D eigenvalue weighted by atomic mass is 9.96. The van der Waals surface area contributed by atoms with Gasteiger partial charge >= 0.3 is 0 Å². The molecule has 7 nitrogen and oxygen atoms in total. The van der Waals surface area contributed by atoms with Crippen molar-refractivity contribution < 1.29 is 14.2 Å². The molecule has 0 N–H and O–H groups in total. The molecule has 5 rings (SSSR count). The first-order valence-corrected chi connectivity index (χ1v) is 16.1. The van der Waals surface area contributed by atoms with Crippen molar-refractivity contribution in [2.45, 2.75) is 46.6 Å². The number of aryl methyl sites for hydroxylation is 1. The van der Waals surface area contributed by atoms with Gasteiger partial charge in [-0.1, -0.05) is 61.3 Å². The number of methoxy groups -OCH3 is 1. The van der Waals surface area contributed by atoms with Crippen LogP contribution in [-0.4, -0.2) is 29.6 Å². The first-order valence-electron chi connectivity index (χ1n) is 15.4. The smallest absolute Gasteiger partial charge is 0.282 e. The molecule has 0 aliphatic heterocycles. The summed E-state index contributed by atoms with van der Waals surface area (Å²) >= 11 is 12.3. The van der Waals surface area contributed by atoms with Gasteiger partial charge in [0.25, 0.3) is 5.56 Å². The number of halogens is 2. The summed E-state index contributed by atoms with van der Waals surface area (Å²) in [6.45, 7) is 12.9. The van der Waals surface area contributed by atoms with Gasteiger partial charge in [0, 0.05) is 11.1 Å². The van der Waals surface area contributed by atoms with Crippen LogP contribution in [0.5, 0.6) is 17.2 Å². The molecule has 5 aromatic rings. The third kappa shape index (κ3) is 7.37. The molecule has 9 heteroatoms. The van der Waals surface area contributed by atoms with E-state index in [2.05, 4.69) is 26.5 Å². The van der Waals surface area contributed by atoms with Crippen molar-refractivity contribution in [3.8, 4) is 28.6 Å². The SMILES string of the molecule is C=CCc1cc(C=Nn2c(-c3cc(C(C)C)c(OCC)cc3C)nc3ccccc3c2=O)cc(OC)c1OCc1ccc(Cl)c(Cl)c1. The van der Waals surface area contributed by atoms with Crippen LogP contribution in [0.25, 0.3) is 22.3 Å². The number of ether oxygens (including phenoxy) is 3. The van der Waals surface area contributed by atoms with Crippen LogP contribution in [0.15, 0.2) is 89.3 Å². The van der Waals surface area contributed by atoms with E-state index in [-0.39, 0.29) is 18.1 Å². The molecule has 0 unspecified atom stereocenters. The number of aromatic nitrogens is 2. The van der Waals surface area contributed by atoms with Crippen molar-refractivity contribution in [1.82, 2.24) is 9.66 Å². The van der Waals surface area contributed by atoms with E-state index >= 15 is 0 Å². The Morgan fingerprint density at radius 1 is 1.00 bits per heavy atom. The number of allylic oxidation sites excluding steroid dienone is 1. The topological polar surface area (TPSA) is 74.9 Å². The molecule has 0 spiro atoms. The van der Waals surface area contributed by atoms with Gasteiger partial charge in [0.05, 0.1) is 40.9 Å². The predicted octanol–water partition coefficient (Wildman–Crippen LogP) is 9.40. The highest BCUT2D eigenvalue weighted by Crippen LogP contribution is 2.36. The van der Waals surface area contributed by atoms with E-state index < -0.39 is 0 Å². The average Bonchev–Trinajstić information content (AvgIpc) is 3.05. The Hall–Kier alpha value is -4.59. The predicted molar refractivity (Wildman–Crippen MR) is 192 cm³/mol. The number of para-hydroxylation sites is 1. The molecule has 0 bridgehead atoms. The number of rotatable bonds is 12. The molecule has 0 fully saturated rings. The Morgan fingerprint density at radius 3 is 2.49 bits per heavy atom. The van der Waals surface area contributed by atoms with Crippen LogP contribution in [0.4, 0.5) is 0 Å². The lowest BCUT2D eigenvalue weighted by Crippen LogP contribution is -2.21. The number of hydrogen-bond donors (Lipinski definition) is 0. The Balaban J connectivity index is 1.61. The molecule has 0 atom stereocenters. The van der Waals surface area contributed by atoms with Gasteiger partial charge in [-0.05, 0) is 97.0 Å². The normalized spacial score (nSPS) is 11.4. The zero-order valence-corrected chi connectivity index (χ0v) is 28.7. The second-order valence-corrected chi connectivity index (χ2v) is 12.2. The number of nitrogens with zero attached hydrogens (tertiary/aromatic N) is 3. The van der Waals surface area contributed by atoms with Crippen molar-refractivity contribution >= 4 is 40.3 Å². The van der Waals surface area contributed by atoms with Crippen molar-refractivity contribution in [3.63, 3.8) is 0 Å². The summed E-state index contributed by atoms with van der Waals surface area (Å²) in [4.78, 5) is 18.9. The maximum absolute atomic E-state index is 14.0. The van der Waals surface area contributed by atoms with Crippen molar-refractivity contribution in [2.24, 2.45) is 5.10 Å². The summed E-state index contributed by atoms with van der Waals surface area (Å²) in [7, 11) is 1.58. The third-order valence-corrected chi connectivity index (χ3v) is 8.44. The molecule has 1 aromatic heterocycles. The number of fused-ring (bicyclic) bond motifs is 1. The lowest BCUT2D eigenvalue weighted by Gasteiger charge is -2.18. The van der Waals surface area contributed by atoms with Gasteiger partial charge in [0.2, 0.25) is 0 Å². The Kier molecular flexibility index (Phi) is 10.7. The van der Waals surface area contributed by atoms with Gasteiger partial charge in [-0.3, -0.25) is 4.79 Å². The van der Waals surface area contributed by atoms with E-state index in [9.17, 15) is 4.79 Å². The van der Waals surface area contributed by atoms with Crippen LogP contribution in [-0.2, 0) is 13.0 Å². The summed E-state index contributed by atoms with van der Waals surface area (Å²) in [6, 6.07) is 20.5. The Bertz CT molecular complexity index is 2030. The first kappa shape index (κ1) is 33.8. The minimum Gasteiger partial charge on any atom is -0.494 e. The van der Waals surface area contributed by atoms with E-state index in [1.54, 1.807) is 37.6 Å². The van der Waals surface area contributed by atoms with Crippen LogP contribution < -0.4 is 19.8 Å². The van der Waals surface area contributed by atoms with E-state index in [1.165, 1.54) is 4.68 Å². The number of hydrogen-bond acceptors (Lipinski definition) is 6. The second-order valence-electron chi connectivity index (χ2n) is 11.3. The summed E-state index contributed by atoms with van der Waals surface area (Å²) in [5.74, 6) is 2.54. The van der Waals surface area contributed by atoms with Crippen molar-refractivity contribution in [2.75, 3.05) is 13.7 Å². The van der Waals surface area contributed by atoms with Crippen molar-refractivity contribution in [3.05, 3.63) is 128 Å². The summed E-state index contributed by atoms with van der Waals surface area (Å²) < 4.78 is 19.3. The van der Waals surface area contributed by atoms with Crippen LogP contribution >= 0.6 is 23.2 Å². The molecule has 0 saturated carbocycles. The largest absolute Gasteiger partial charge is 0.494 e. The maximum Gasteiger partial charge on any atom is 0.282 e. The highest BCUT2D eigenvalue weighted by molar-refractivity contribution is 6.42. The van der Waals surface area contributed by atoms with Gasteiger partial charge in [0.1, 0.15) is 12.4 Å². The summed E-state index contributed by atoms with van der Waals surface area (Å²) in [5, 5.41) is 6.13. The van der Waals surface area contributed by atoms with Crippen LogP contribution in [0.2, 0.25) is 10.0 Å². The molecule has 0 aliphatic rings. The second kappa shape index (κ2) is 14.9. The Labute approximate surface area is 285 Å². The standard InChI is InChI=1S/C38H37Cl2N3O4/c1-7-11-27-17-26(19-35(45-6)36(27)47-22-25-14-15-31(39)32(40)18-25)21-41-43-37(42-33-13-10-9-12-28(33)38(43)44)30-20-29(23(3)4)34(46-8-2)16-24(30)5/h7,9-10,12-21,23H,1,8,11,22H2,2-6H3. The molecule has 0 amide bonds. The number of benzene rings is 4. The van der Waals surface area contributed by atoms with E-state index in [0.717, 1.165) is 33.6 Å². The summed E-state index contributed by atoms with van der Waals surface area (Å²) in [6.07, 6.45) is 3.94. The van der Waals surface area contributed by atoms with Gasteiger partial charge in [-0.2, -0.15) is 9.78 Å². The molecule has 47 heavy (non-hydrogen) atoms. The van der Waals surface area contributed by atoms with E-state index in [4.69, 9.17) is 47.5 Å². The summed E-state index contributed by atoms with van der Waals surface area (Å²) in [5.41, 5.74) is 5.47. The van der Waals surface area contributed by atoms with Gasteiger partial charge in [-0.25, -0.2) is 4.98 Å². The highest BCUT2D eigenvalue weighted by atomic mass is 35.5. The fourth-order valence-corrected chi connectivity index (χ4v) is 5.69. The zero-order chi connectivity index (χ0) is 33.7. The highest BCUT2D eigenvalue weighted by Gasteiger charge is 2.19. The molecular formula is C38H37Cl2N3O4. The minimum absolute atomic E-state index is 0.188. The molecule has 0 saturated heterocycles. The molecule has 4 aromatic carbocycles. The first-order chi connectivity index (χ1) is 22.6. The van der Waals surface area contributed by atoms with E-state index in [0.29, 0.717) is 56.9 Å².